The smallest absolute Gasteiger partial charge is 0.329 e. The summed E-state index contributed by atoms with van der Waals surface area (Å²) >= 11 is 0. The molecule has 6 nitrogen and oxygen atoms in total. The zero-order chi connectivity index (χ0) is 13.6. The molecule has 0 aliphatic carbocycles. The van der Waals surface area contributed by atoms with Crippen LogP contribution in [0.2, 0.25) is 0 Å². The molecule has 1 unspecified atom stereocenters. The summed E-state index contributed by atoms with van der Waals surface area (Å²) in [5, 5.41) is 11.6. The summed E-state index contributed by atoms with van der Waals surface area (Å²) in [5.74, 6) is -1.02. The number of urea groups is 1. The van der Waals surface area contributed by atoms with Gasteiger partial charge in [0.05, 0.1) is 0 Å². The average Bonchev–Trinajstić information content (AvgIpc) is 2.24. The first-order valence-electron chi connectivity index (χ1n) is 5.64. The van der Waals surface area contributed by atoms with Gasteiger partial charge in [-0.05, 0) is 27.4 Å². The van der Waals surface area contributed by atoms with E-state index in [1.165, 1.54) is 11.8 Å². The van der Waals surface area contributed by atoms with Gasteiger partial charge in [-0.15, -0.1) is 0 Å². The highest BCUT2D eigenvalue weighted by Crippen LogP contribution is 2.09. The monoisotopic (exact) mass is 245 g/mol. The van der Waals surface area contributed by atoms with Gasteiger partial charge in [-0.1, -0.05) is 6.92 Å². The van der Waals surface area contributed by atoms with Crippen molar-refractivity contribution in [3.8, 4) is 0 Å². The van der Waals surface area contributed by atoms with Crippen LogP contribution in [0.15, 0.2) is 0 Å². The summed E-state index contributed by atoms with van der Waals surface area (Å²) in [6, 6.07) is -0.362. The van der Waals surface area contributed by atoms with Gasteiger partial charge in [0.25, 0.3) is 0 Å². The fourth-order valence-electron chi connectivity index (χ4n) is 1.08. The highest BCUT2D eigenvalue weighted by molar-refractivity contribution is 5.85. The van der Waals surface area contributed by atoms with Crippen LogP contribution in [0.25, 0.3) is 0 Å². The number of nitrogens with one attached hydrogen (secondary N) is 1. The predicted octanol–water partition coefficient (Wildman–Crippen LogP) is 0.443. The molecule has 0 heterocycles. The molecule has 0 aromatic carbocycles. The Morgan fingerprint density at radius 3 is 2.12 bits per heavy atom. The van der Waals surface area contributed by atoms with Crippen molar-refractivity contribution < 1.29 is 14.7 Å². The van der Waals surface area contributed by atoms with Crippen LogP contribution in [0, 0.1) is 0 Å². The molecule has 0 rings (SSSR count). The van der Waals surface area contributed by atoms with Crippen molar-refractivity contribution in [3.63, 3.8) is 0 Å². The highest BCUT2D eigenvalue weighted by atomic mass is 16.4. The second-order valence-corrected chi connectivity index (χ2v) is 4.65. The summed E-state index contributed by atoms with van der Waals surface area (Å²) in [5.41, 5.74) is -1.20. The third kappa shape index (κ3) is 5.04. The number of carbonyl (C=O) groups excluding carboxylic acids is 1. The number of hydrogen-bond donors (Lipinski definition) is 2. The van der Waals surface area contributed by atoms with Gasteiger partial charge in [0, 0.05) is 20.1 Å². The third-order valence-corrected chi connectivity index (χ3v) is 2.79. The van der Waals surface area contributed by atoms with E-state index in [4.69, 9.17) is 5.11 Å². The minimum absolute atomic E-state index is 0.343. The van der Waals surface area contributed by atoms with Gasteiger partial charge in [-0.3, -0.25) is 0 Å². The molecule has 2 N–H and O–H groups in total. The molecule has 2 amide bonds. The van der Waals surface area contributed by atoms with Gasteiger partial charge in [-0.25, -0.2) is 9.59 Å². The van der Waals surface area contributed by atoms with Crippen molar-refractivity contribution in [2.24, 2.45) is 0 Å². The number of aliphatic carboxylic acids is 1. The van der Waals surface area contributed by atoms with E-state index in [0.29, 0.717) is 13.0 Å². The van der Waals surface area contributed by atoms with E-state index >= 15 is 0 Å². The maximum atomic E-state index is 11.8. The van der Waals surface area contributed by atoms with Crippen molar-refractivity contribution >= 4 is 12.0 Å². The largest absolute Gasteiger partial charge is 0.480 e. The van der Waals surface area contributed by atoms with Gasteiger partial charge in [0.2, 0.25) is 0 Å². The Morgan fingerprint density at radius 1 is 1.24 bits per heavy atom. The first-order valence-corrected chi connectivity index (χ1v) is 5.64. The Kier molecular flexibility index (Phi) is 5.95. The van der Waals surface area contributed by atoms with Gasteiger partial charge in [-0.2, -0.15) is 0 Å². The molecule has 100 valence electrons. The minimum Gasteiger partial charge on any atom is -0.480 e. The molecule has 0 aromatic heterocycles. The number of hydrogen-bond acceptors (Lipinski definition) is 3. The average molecular weight is 245 g/mol. The summed E-state index contributed by atoms with van der Waals surface area (Å²) in [4.78, 5) is 26.2. The van der Waals surface area contributed by atoms with Crippen molar-refractivity contribution in [3.05, 3.63) is 0 Å². The molecule has 0 aliphatic rings. The number of carbonyl (C=O) groups is 2. The minimum atomic E-state index is -1.20. The number of carboxylic acids is 1. The highest BCUT2D eigenvalue weighted by Gasteiger charge is 2.33. The van der Waals surface area contributed by atoms with E-state index in [0.717, 1.165) is 6.54 Å². The molecule has 0 radical (unpaired) electrons. The van der Waals surface area contributed by atoms with Crippen molar-refractivity contribution in [1.82, 2.24) is 15.1 Å². The quantitative estimate of drug-likeness (QED) is 0.712. The Balaban J connectivity index is 4.37. The van der Waals surface area contributed by atoms with E-state index in [-0.39, 0.29) is 6.03 Å². The summed E-state index contributed by atoms with van der Waals surface area (Å²) in [7, 11) is 5.48. The molecule has 0 saturated carbocycles. The summed E-state index contributed by atoms with van der Waals surface area (Å²) in [6.07, 6.45) is 0.343. The molecule has 1 atom stereocenters. The first kappa shape index (κ1) is 15.7. The number of carboxylic acid groups (broad SMARTS) is 1. The molecule has 0 bridgehead atoms. The molecular weight excluding hydrogens is 222 g/mol. The molecular formula is C11H23N3O3. The van der Waals surface area contributed by atoms with Crippen LogP contribution in [0.3, 0.4) is 0 Å². The maximum Gasteiger partial charge on any atom is 0.329 e. The van der Waals surface area contributed by atoms with E-state index in [1.54, 1.807) is 14.0 Å². The Morgan fingerprint density at radius 2 is 1.76 bits per heavy atom. The molecule has 0 saturated heterocycles. The van der Waals surface area contributed by atoms with Crippen LogP contribution in [0.4, 0.5) is 4.79 Å². The zero-order valence-electron chi connectivity index (χ0n) is 11.3. The molecule has 0 fully saturated rings. The molecule has 0 spiro atoms. The number of amides is 2. The fraction of sp³-hybridized carbons (Fsp3) is 0.818. The SMILES string of the molecule is CCC(C)(NC(=O)N(C)CCN(C)C)C(=O)O. The first-order chi connectivity index (χ1) is 7.73. The third-order valence-electron chi connectivity index (χ3n) is 2.79. The lowest BCUT2D eigenvalue weighted by Gasteiger charge is -2.28. The Hall–Kier alpha value is -1.30. The van der Waals surface area contributed by atoms with E-state index in [1.807, 2.05) is 19.0 Å². The van der Waals surface area contributed by atoms with E-state index in [9.17, 15) is 9.59 Å². The van der Waals surface area contributed by atoms with E-state index < -0.39 is 11.5 Å². The Labute approximate surface area is 103 Å². The van der Waals surface area contributed by atoms with Crippen LogP contribution in [-0.2, 0) is 4.79 Å². The number of likely N-dealkylation sites (N-methyl/N-ethyl adjacent to an activating group) is 2. The van der Waals surface area contributed by atoms with Crippen LogP contribution >= 0.6 is 0 Å². The second-order valence-electron chi connectivity index (χ2n) is 4.65. The summed E-state index contributed by atoms with van der Waals surface area (Å²) < 4.78 is 0. The summed E-state index contributed by atoms with van der Waals surface area (Å²) in [6.45, 7) is 4.53. The zero-order valence-corrected chi connectivity index (χ0v) is 11.3. The normalized spacial score (nSPS) is 14.2. The molecule has 17 heavy (non-hydrogen) atoms. The van der Waals surface area contributed by atoms with Crippen LogP contribution in [0.5, 0.6) is 0 Å². The maximum absolute atomic E-state index is 11.8. The molecule has 0 aromatic rings. The fourth-order valence-corrected chi connectivity index (χ4v) is 1.08. The van der Waals surface area contributed by atoms with Gasteiger partial charge < -0.3 is 20.2 Å². The molecule has 6 heteroatoms. The van der Waals surface area contributed by atoms with Gasteiger partial charge >= 0.3 is 12.0 Å². The second kappa shape index (κ2) is 6.44. The number of nitrogens with zero attached hydrogens (tertiary/aromatic N) is 2. The van der Waals surface area contributed by atoms with Crippen LogP contribution in [-0.4, -0.2) is 66.7 Å². The van der Waals surface area contributed by atoms with Gasteiger partial charge in [0.15, 0.2) is 0 Å². The van der Waals surface area contributed by atoms with Crippen molar-refractivity contribution in [2.45, 2.75) is 25.8 Å². The predicted molar refractivity (Wildman–Crippen MR) is 66.0 cm³/mol. The van der Waals surface area contributed by atoms with Gasteiger partial charge in [0.1, 0.15) is 5.54 Å². The standard InChI is InChI=1S/C11H23N3O3/c1-6-11(2,9(15)16)12-10(17)14(5)8-7-13(3)4/h6-8H2,1-5H3,(H,12,17)(H,15,16). The van der Waals surface area contributed by atoms with Crippen LogP contribution in [0.1, 0.15) is 20.3 Å². The number of rotatable bonds is 6. The van der Waals surface area contributed by atoms with Crippen molar-refractivity contribution in [2.75, 3.05) is 34.2 Å². The Bertz CT molecular complexity index is 281. The van der Waals surface area contributed by atoms with Crippen LogP contribution < -0.4 is 5.32 Å². The van der Waals surface area contributed by atoms with Crippen molar-refractivity contribution in [1.29, 1.82) is 0 Å². The topological polar surface area (TPSA) is 72.9 Å². The lowest BCUT2D eigenvalue weighted by atomic mass is 10.00. The lowest BCUT2D eigenvalue weighted by molar-refractivity contribution is -0.143. The van der Waals surface area contributed by atoms with E-state index in [2.05, 4.69) is 5.32 Å². The molecule has 0 aliphatic heterocycles. The lowest BCUT2D eigenvalue weighted by Crippen LogP contribution is -2.55.